The Labute approximate surface area is 179 Å². The number of nitrogens with one attached hydrogen (secondary N) is 1. The standard InChI is InChI=1S/C22H24N2O5S/c1-22(2,3)18(25)12-29-21(28)16-6-4-5-7-17(16)30-13-19(26)24-15-10-8-14(9-11-15)20(23)27/h4-11H,12-13H2,1-3H3,(H2,23,27)(H,24,26). The zero-order chi connectivity index (χ0) is 22.3. The topological polar surface area (TPSA) is 116 Å². The van der Waals surface area contributed by atoms with Gasteiger partial charge in [0.05, 0.1) is 11.3 Å². The Morgan fingerprint density at radius 1 is 1.00 bits per heavy atom. The zero-order valence-electron chi connectivity index (χ0n) is 17.1. The van der Waals surface area contributed by atoms with E-state index in [4.69, 9.17) is 10.5 Å². The number of carbonyl (C=O) groups is 4. The van der Waals surface area contributed by atoms with Crippen molar-refractivity contribution >= 4 is 41.0 Å². The van der Waals surface area contributed by atoms with Crippen LogP contribution in [0.5, 0.6) is 0 Å². The molecule has 3 N–H and O–H groups in total. The molecule has 0 saturated carbocycles. The van der Waals surface area contributed by atoms with Gasteiger partial charge >= 0.3 is 5.97 Å². The number of thioether (sulfide) groups is 1. The van der Waals surface area contributed by atoms with Gasteiger partial charge in [-0.3, -0.25) is 14.4 Å². The number of ketones is 1. The number of rotatable bonds is 8. The Bertz CT molecular complexity index is 949. The van der Waals surface area contributed by atoms with E-state index in [1.54, 1.807) is 57.2 Å². The fourth-order valence-electron chi connectivity index (χ4n) is 2.24. The molecule has 2 aromatic rings. The lowest BCUT2D eigenvalue weighted by Crippen LogP contribution is -2.26. The lowest BCUT2D eigenvalue weighted by atomic mass is 9.91. The number of hydrogen-bond donors (Lipinski definition) is 2. The number of benzene rings is 2. The van der Waals surface area contributed by atoms with Gasteiger partial charge < -0.3 is 15.8 Å². The van der Waals surface area contributed by atoms with Crippen LogP contribution in [-0.2, 0) is 14.3 Å². The van der Waals surface area contributed by atoms with E-state index >= 15 is 0 Å². The minimum absolute atomic E-state index is 0.0583. The van der Waals surface area contributed by atoms with Crippen molar-refractivity contribution in [2.45, 2.75) is 25.7 Å². The Kier molecular flexibility index (Phi) is 7.77. The van der Waals surface area contributed by atoms with Crippen LogP contribution in [0.4, 0.5) is 5.69 Å². The summed E-state index contributed by atoms with van der Waals surface area (Å²) in [5.41, 5.74) is 5.76. The quantitative estimate of drug-likeness (QED) is 0.492. The molecule has 0 fully saturated rings. The summed E-state index contributed by atoms with van der Waals surface area (Å²) in [6.45, 7) is 4.97. The van der Waals surface area contributed by atoms with Crippen LogP contribution in [0.15, 0.2) is 53.4 Å². The molecule has 0 aliphatic heterocycles. The highest BCUT2D eigenvalue weighted by Gasteiger charge is 2.23. The van der Waals surface area contributed by atoms with E-state index in [0.29, 0.717) is 21.7 Å². The van der Waals surface area contributed by atoms with E-state index in [9.17, 15) is 19.2 Å². The van der Waals surface area contributed by atoms with E-state index in [-0.39, 0.29) is 24.1 Å². The molecular weight excluding hydrogens is 404 g/mol. The van der Waals surface area contributed by atoms with Crippen LogP contribution >= 0.6 is 11.8 Å². The van der Waals surface area contributed by atoms with Crippen molar-refractivity contribution in [2.24, 2.45) is 11.1 Å². The SMILES string of the molecule is CC(C)(C)C(=O)COC(=O)c1ccccc1SCC(=O)Nc1ccc(C(N)=O)cc1. The van der Waals surface area contributed by atoms with Crippen molar-refractivity contribution in [1.29, 1.82) is 0 Å². The van der Waals surface area contributed by atoms with Crippen molar-refractivity contribution in [2.75, 3.05) is 17.7 Å². The van der Waals surface area contributed by atoms with E-state index < -0.39 is 17.3 Å². The molecule has 0 radical (unpaired) electrons. The monoisotopic (exact) mass is 428 g/mol. The van der Waals surface area contributed by atoms with Crippen LogP contribution < -0.4 is 11.1 Å². The molecule has 0 spiro atoms. The number of hydrogen-bond acceptors (Lipinski definition) is 6. The molecule has 0 heterocycles. The van der Waals surface area contributed by atoms with Gasteiger partial charge in [0.25, 0.3) is 0 Å². The maximum atomic E-state index is 12.4. The maximum absolute atomic E-state index is 12.4. The molecule has 0 aliphatic carbocycles. The third kappa shape index (κ3) is 6.73. The van der Waals surface area contributed by atoms with Crippen LogP contribution in [0, 0.1) is 5.41 Å². The van der Waals surface area contributed by atoms with Crippen molar-refractivity contribution < 1.29 is 23.9 Å². The van der Waals surface area contributed by atoms with Gasteiger partial charge in [0, 0.05) is 21.6 Å². The first-order chi connectivity index (χ1) is 14.1. The summed E-state index contributed by atoms with van der Waals surface area (Å²) in [7, 11) is 0. The van der Waals surface area contributed by atoms with E-state index in [1.165, 1.54) is 23.9 Å². The predicted molar refractivity (Wildman–Crippen MR) is 116 cm³/mol. The van der Waals surface area contributed by atoms with Gasteiger partial charge in [-0.25, -0.2) is 4.79 Å². The first-order valence-electron chi connectivity index (χ1n) is 9.20. The molecule has 2 aromatic carbocycles. The maximum Gasteiger partial charge on any atom is 0.339 e. The molecule has 158 valence electrons. The van der Waals surface area contributed by atoms with E-state index in [0.717, 1.165) is 0 Å². The highest BCUT2D eigenvalue weighted by molar-refractivity contribution is 8.00. The Hall–Kier alpha value is -3.13. The van der Waals surface area contributed by atoms with Crippen LogP contribution in [-0.4, -0.2) is 35.9 Å². The largest absolute Gasteiger partial charge is 0.454 e. The molecule has 8 heteroatoms. The van der Waals surface area contributed by atoms with Crippen LogP contribution in [0.2, 0.25) is 0 Å². The van der Waals surface area contributed by atoms with Gasteiger partial charge in [0.2, 0.25) is 11.8 Å². The highest BCUT2D eigenvalue weighted by Crippen LogP contribution is 2.24. The lowest BCUT2D eigenvalue weighted by Gasteiger charge is -2.16. The summed E-state index contributed by atoms with van der Waals surface area (Å²) in [6, 6.07) is 13.0. The summed E-state index contributed by atoms with van der Waals surface area (Å²) in [5, 5.41) is 2.71. The summed E-state index contributed by atoms with van der Waals surface area (Å²) < 4.78 is 5.15. The molecule has 7 nitrogen and oxygen atoms in total. The molecule has 0 aliphatic rings. The number of ether oxygens (including phenoxy) is 1. The molecule has 0 saturated heterocycles. The minimum Gasteiger partial charge on any atom is -0.454 e. The van der Waals surface area contributed by atoms with Crippen LogP contribution in [0.25, 0.3) is 0 Å². The predicted octanol–water partition coefficient (Wildman–Crippen LogP) is 3.29. The van der Waals surface area contributed by atoms with Crippen molar-refractivity contribution in [3.8, 4) is 0 Å². The smallest absolute Gasteiger partial charge is 0.339 e. The second-order valence-electron chi connectivity index (χ2n) is 7.52. The Morgan fingerprint density at radius 3 is 2.23 bits per heavy atom. The van der Waals surface area contributed by atoms with Gasteiger partial charge in [-0.05, 0) is 36.4 Å². The second-order valence-corrected chi connectivity index (χ2v) is 8.54. The van der Waals surface area contributed by atoms with Gasteiger partial charge in [0.15, 0.2) is 12.4 Å². The Balaban J connectivity index is 1.95. The molecule has 0 bridgehead atoms. The second kappa shape index (κ2) is 10.1. The summed E-state index contributed by atoms with van der Waals surface area (Å²) in [5.74, 6) is -1.56. The summed E-state index contributed by atoms with van der Waals surface area (Å²) >= 11 is 1.18. The molecule has 2 amide bonds. The average molecular weight is 429 g/mol. The molecule has 0 atom stereocenters. The molecule has 0 aromatic heterocycles. The minimum atomic E-state index is -0.613. The average Bonchev–Trinajstić information content (AvgIpc) is 2.70. The zero-order valence-corrected chi connectivity index (χ0v) is 17.9. The molecule has 2 rings (SSSR count). The van der Waals surface area contributed by atoms with Crippen LogP contribution in [0.3, 0.4) is 0 Å². The highest BCUT2D eigenvalue weighted by atomic mass is 32.2. The van der Waals surface area contributed by atoms with Crippen molar-refractivity contribution in [1.82, 2.24) is 0 Å². The third-order valence-corrected chi connectivity index (χ3v) is 5.16. The van der Waals surface area contributed by atoms with Gasteiger partial charge in [0.1, 0.15) is 0 Å². The normalized spacial score (nSPS) is 10.9. The summed E-state index contributed by atoms with van der Waals surface area (Å²) in [6.07, 6.45) is 0. The number of primary amides is 1. The number of Topliss-reactive ketones (excluding diaryl/α,β-unsaturated/α-hetero) is 1. The number of esters is 1. The third-order valence-electron chi connectivity index (χ3n) is 4.09. The molecule has 0 unspecified atom stereocenters. The van der Waals surface area contributed by atoms with E-state index in [1.807, 2.05) is 0 Å². The fourth-order valence-corrected chi connectivity index (χ4v) is 3.09. The van der Waals surface area contributed by atoms with E-state index in [2.05, 4.69) is 5.32 Å². The number of nitrogens with two attached hydrogens (primary N) is 1. The van der Waals surface area contributed by atoms with Crippen molar-refractivity contribution in [3.63, 3.8) is 0 Å². The lowest BCUT2D eigenvalue weighted by molar-refractivity contribution is -0.129. The molecular formula is C22H24N2O5S. The first-order valence-corrected chi connectivity index (χ1v) is 10.2. The summed E-state index contributed by atoms with van der Waals surface area (Å²) in [4.78, 5) is 48.3. The first kappa shape index (κ1) is 23.2. The van der Waals surface area contributed by atoms with Gasteiger partial charge in [-0.1, -0.05) is 32.9 Å². The van der Waals surface area contributed by atoms with Crippen molar-refractivity contribution in [3.05, 3.63) is 59.7 Å². The van der Waals surface area contributed by atoms with Gasteiger partial charge in [-0.2, -0.15) is 0 Å². The van der Waals surface area contributed by atoms with Crippen LogP contribution in [0.1, 0.15) is 41.5 Å². The number of amides is 2. The molecule has 30 heavy (non-hydrogen) atoms. The Morgan fingerprint density at radius 2 is 1.63 bits per heavy atom. The number of anilines is 1. The number of carbonyl (C=O) groups excluding carboxylic acids is 4. The van der Waals surface area contributed by atoms with Gasteiger partial charge in [-0.15, -0.1) is 11.8 Å². The fraction of sp³-hybridized carbons (Fsp3) is 0.273.